The van der Waals surface area contributed by atoms with Gasteiger partial charge >= 0.3 is 5.92 Å². The van der Waals surface area contributed by atoms with Crippen molar-refractivity contribution >= 4 is 29.1 Å². The molecule has 0 spiro atoms. The fourth-order valence-electron chi connectivity index (χ4n) is 3.13. The first-order valence-corrected chi connectivity index (χ1v) is 9.84. The van der Waals surface area contributed by atoms with Gasteiger partial charge in [0.1, 0.15) is 6.10 Å². The Bertz CT molecular complexity index is 1140. The number of benzene rings is 2. The average molecular weight is 471 g/mol. The summed E-state index contributed by atoms with van der Waals surface area (Å²) in [6.45, 7) is -0.260. The number of primary amides is 1. The minimum absolute atomic E-state index is 0.187. The van der Waals surface area contributed by atoms with Crippen LogP contribution in [-0.4, -0.2) is 37.8 Å². The molecule has 1 aliphatic rings. The van der Waals surface area contributed by atoms with Crippen LogP contribution >= 0.6 is 23.2 Å². The molecule has 6 nitrogen and oxygen atoms in total. The molecule has 4 rings (SSSR count). The van der Waals surface area contributed by atoms with Gasteiger partial charge < -0.3 is 10.5 Å². The fourth-order valence-corrected chi connectivity index (χ4v) is 3.52. The van der Waals surface area contributed by atoms with Crippen LogP contribution in [0.25, 0.3) is 17.1 Å². The highest BCUT2D eigenvalue weighted by Gasteiger charge is 2.70. The van der Waals surface area contributed by atoms with Gasteiger partial charge in [0.05, 0.1) is 12.3 Å². The monoisotopic (exact) mass is 470 g/mol. The number of nitrogens with two attached hydrogens (primary N) is 1. The van der Waals surface area contributed by atoms with Gasteiger partial charge in [-0.25, -0.2) is 22.8 Å². The van der Waals surface area contributed by atoms with E-state index >= 15 is 0 Å². The molecule has 11 heteroatoms. The molecule has 0 saturated heterocycles. The van der Waals surface area contributed by atoms with Gasteiger partial charge in [-0.15, -0.1) is 5.10 Å². The lowest BCUT2D eigenvalue weighted by Crippen LogP contribution is -2.62. The van der Waals surface area contributed by atoms with Crippen molar-refractivity contribution in [1.29, 1.82) is 0 Å². The third-order valence-corrected chi connectivity index (χ3v) is 5.80. The van der Waals surface area contributed by atoms with E-state index in [0.29, 0.717) is 22.6 Å². The van der Waals surface area contributed by atoms with Crippen LogP contribution in [0, 0.1) is 0 Å². The highest BCUT2D eigenvalue weighted by Crippen LogP contribution is 2.54. The average Bonchev–Trinajstić information content (AvgIpc) is 3.18. The van der Waals surface area contributed by atoms with Crippen LogP contribution in [0.5, 0.6) is 0 Å². The SMILES string of the molecule is NC(=O)c1nc(-c2ccccc2)n(-c2ccc(Cl)c(COC3CC(F)(F)C3(F)Cl)c2)n1. The third kappa shape index (κ3) is 3.88. The van der Waals surface area contributed by atoms with Crippen LogP contribution in [0.2, 0.25) is 5.02 Å². The maximum Gasteiger partial charge on any atom is 0.300 e. The molecular formula is C20H15Cl2F3N4O2. The van der Waals surface area contributed by atoms with E-state index in [-0.39, 0.29) is 17.5 Å². The maximum absolute atomic E-state index is 13.9. The largest absolute Gasteiger partial charge is 0.368 e. The van der Waals surface area contributed by atoms with E-state index in [1.165, 1.54) is 10.7 Å². The van der Waals surface area contributed by atoms with E-state index in [9.17, 15) is 18.0 Å². The standard InChI is InChI=1S/C20H15Cl2F3N4O2/c21-14-7-6-13(8-12(14)10-31-15-9-19(23,24)20(15,22)25)29-18(11-4-2-1-3-5-11)27-17(28-29)16(26)30/h1-8,15H,9-10H2,(H2,26,30). The number of nitrogens with zero attached hydrogens (tertiary/aromatic N) is 3. The Hall–Kier alpha value is -2.62. The van der Waals surface area contributed by atoms with E-state index in [1.807, 2.05) is 6.07 Å². The van der Waals surface area contributed by atoms with Gasteiger partial charge in [0, 0.05) is 17.0 Å². The van der Waals surface area contributed by atoms with Crippen molar-refractivity contribution in [2.45, 2.75) is 30.2 Å². The summed E-state index contributed by atoms with van der Waals surface area (Å²) in [5, 5.41) is 1.16. The van der Waals surface area contributed by atoms with Crippen LogP contribution in [-0.2, 0) is 11.3 Å². The Morgan fingerprint density at radius 2 is 1.94 bits per heavy atom. The number of rotatable bonds is 6. The summed E-state index contributed by atoms with van der Waals surface area (Å²) in [7, 11) is 0. The molecule has 0 radical (unpaired) electrons. The summed E-state index contributed by atoms with van der Waals surface area (Å²) in [5.41, 5.74) is 6.85. The van der Waals surface area contributed by atoms with Crippen LogP contribution in [0.4, 0.5) is 13.2 Å². The number of carbonyl (C=O) groups excluding carboxylic acids is 1. The van der Waals surface area contributed by atoms with Crippen LogP contribution < -0.4 is 5.73 Å². The number of alkyl halides is 4. The first-order chi connectivity index (χ1) is 14.6. The van der Waals surface area contributed by atoms with Crippen molar-refractivity contribution in [3.8, 4) is 17.1 Å². The van der Waals surface area contributed by atoms with E-state index < -0.39 is 29.5 Å². The maximum atomic E-state index is 13.9. The summed E-state index contributed by atoms with van der Waals surface area (Å²) in [6, 6.07) is 13.7. The van der Waals surface area contributed by atoms with Crippen LogP contribution in [0.1, 0.15) is 22.6 Å². The minimum atomic E-state index is -3.65. The summed E-state index contributed by atoms with van der Waals surface area (Å²) in [4.78, 5) is 15.8. The molecule has 1 heterocycles. The summed E-state index contributed by atoms with van der Waals surface area (Å²) in [6.07, 6.45) is -2.30. The minimum Gasteiger partial charge on any atom is -0.368 e. The number of aromatic nitrogens is 3. The number of ether oxygens (including phenoxy) is 1. The normalized spacial score (nSPS) is 22.2. The Labute approximate surface area is 184 Å². The van der Waals surface area contributed by atoms with E-state index in [4.69, 9.17) is 33.7 Å². The van der Waals surface area contributed by atoms with Crippen LogP contribution in [0.3, 0.4) is 0 Å². The molecule has 2 unspecified atom stereocenters. The summed E-state index contributed by atoms with van der Waals surface area (Å²) < 4.78 is 47.1. The molecule has 3 aromatic rings. The molecule has 2 atom stereocenters. The molecule has 1 amide bonds. The highest BCUT2D eigenvalue weighted by molar-refractivity contribution is 6.31. The molecule has 0 bridgehead atoms. The number of amides is 1. The van der Waals surface area contributed by atoms with Gasteiger partial charge in [-0.3, -0.25) is 4.79 Å². The van der Waals surface area contributed by atoms with Gasteiger partial charge in [0.25, 0.3) is 11.0 Å². The first kappa shape index (κ1) is 21.6. The predicted molar refractivity (Wildman–Crippen MR) is 108 cm³/mol. The Kier molecular flexibility index (Phi) is 5.45. The van der Waals surface area contributed by atoms with E-state index in [2.05, 4.69) is 10.1 Å². The number of carbonyl (C=O) groups is 1. The van der Waals surface area contributed by atoms with Crippen molar-refractivity contribution in [3.63, 3.8) is 0 Å². The molecule has 0 aliphatic heterocycles. The molecule has 1 saturated carbocycles. The zero-order valence-corrected chi connectivity index (χ0v) is 17.2. The molecular weight excluding hydrogens is 456 g/mol. The third-order valence-electron chi connectivity index (χ3n) is 4.91. The number of halogens is 5. The number of hydrogen-bond acceptors (Lipinski definition) is 4. The summed E-state index contributed by atoms with van der Waals surface area (Å²) in [5.74, 6) is -4.29. The van der Waals surface area contributed by atoms with Gasteiger partial charge in [0.15, 0.2) is 5.82 Å². The lowest BCUT2D eigenvalue weighted by atomic mass is 9.87. The molecule has 2 N–H and O–H groups in total. The molecule has 1 aromatic heterocycles. The zero-order chi connectivity index (χ0) is 22.4. The van der Waals surface area contributed by atoms with Crippen LogP contribution in [0.15, 0.2) is 48.5 Å². The Morgan fingerprint density at radius 3 is 2.55 bits per heavy atom. The Balaban J connectivity index is 1.65. The van der Waals surface area contributed by atoms with Crippen molar-refractivity contribution < 1.29 is 22.7 Å². The van der Waals surface area contributed by atoms with Gasteiger partial charge in [-0.1, -0.05) is 53.5 Å². The Morgan fingerprint density at radius 1 is 1.23 bits per heavy atom. The van der Waals surface area contributed by atoms with Crippen molar-refractivity contribution in [2.75, 3.05) is 0 Å². The number of hydrogen-bond donors (Lipinski definition) is 1. The van der Waals surface area contributed by atoms with E-state index in [1.54, 1.807) is 36.4 Å². The lowest BCUT2D eigenvalue weighted by Gasteiger charge is -2.44. The molecule has 1 fully saturated rings. The van der Waals surface area contributed by atoms with E-state index in [0.717, 1.165) is 0 Å². The zero-order valence-electron chi connectivity index (χ0n) is 15.7. The second-order valence-electron chi connectivity index (χ2n) is 7.01. The summed E-state index contributed by atoms with van der Waals surface area (Å²) >= 11 is 11.5. The topological polar surface area (TPSA) is 83.0 Å². The molecule has 31 heavy (non-hydrogen) atoms. The second kappa shape index (κ2) is 7.81. The fraction of sp³-hybridized carbons (Fsp3) is 0.250. The molecule has 1 aliphatic carbocycles. The first-order valence-electron chi connectivity index (χ1n) is 9.08. The molecule has 162 valence electrons. The predicted octanol–water partition coefficient (Wildman–Crippen LogP) is 4.52. The second-order valence-corrected chi connectivity index (χ2v) is 7.97. The van der Waals surface area contributed by atoms with Gasteiger partial charge in [-0.2, -0.15) is 0 Å². The lowest BCUT2D eigenvalue weighted by molar-refractivity contribution is -0.250. The quantitative estimate of drug-likeness (QED) is 0.537. The van der Waals surface area contributed by atoms with Gasteiger partial charge in [-0.05, 0) is 23.8 Å². The molecule has 2 aromatic carbocycles. The van der Waals surface area contributed by atoms with Crippen molar-refractivity contribution in [3.05, 3.63) is 64.9 Å². The van der Waals surface area contributed by atoms with Crippen molar-refractivity contribution in [2.24, 2.45) is 5.73 Å². The highest BCUT2D eigenvalue weighted by atomic mass is 35.5. The smallest absolute Gasteiger partial charge is 0.300 e. The van der Waals surface area contributed by atoms with Crippen molar-refractivity contribution in [1.82, 2.24) is 14.8 Å². The van der Waals surface area contributed by atoms with Gasteiger partial charge in [0.2, 0.25) is 5.82 Å².